The van der Waals surface area contributed by atoms with E-state index in [9.17, 15) is 9.59 Å². The molecular weight excluding hydrogens is 256 g/mol. The molecule has 1 fully saturated rings. The molecule has 1 saturated heterocycles. The number of likely N-dealkylation sites (tertiary alicyclic amines) is 1. The molecule has 1 aliphatic heterocycles. The van der Waals surface area contributed by atoms with Gasteiger partial charge in [-0.1, -0.05) is 5.57 Å². The van der Waals surface area contributed by atoms with Gasteiger partial charge in [0.2, 0.25) is 5.91 Å². The highest BCUT2D eigenvalue weighted by atomic mass is 16.6. The Kier molecular flexibility index (Phi) is 5.20. The summed E-state index contributed by atoms with van der Waals surface area (Å²) >= 11 is 0. The maximum atomic E-state index is 12.0. The summed E-state index contributed by atoms with van der Waals surface area (Å²) in [6, 6.07) is 0.0272. The van der Waals surface area contributed by atoms with Gasteiger partial charge in [0.1, 0.15) is 5.60 Å². The average Bonchev–Trinajstić information content (AvgIpc) is 2.73. The fourth-order valence-electron chi connectivity index (χ4n) is 2.08. The Balaban J connectivity index is 2.57. The molecule has 1 rings (SSSR count). The van der Waals surface area contributed by atoms with Gasteiger partial charge < -0.3 is 14.5 Å². The van der Waals surface area contributed by atoms with Crippen LogP contribution in [0.5, 0.6) is 0 Å². The van der Waals surface area contributed by atoms with Gasteiger partial charge in [-0.25, -0.2) is 4.79 Å². The van der Waals surface area contributed by atoms with Gasteiger partial charge in [0.25, 0.3) is 0 Å². The summed E-state index contributed by atoms with van der Waals surface area (Å²) < 4.78 is 5.34. The summed E-state index contributed by atoms with van der Waals surface area (Å²) in [4.78, 5) is 27.3. The van der Waals surface area contributed by atoms with Gasteiger partial charge in [0.05, 0.1) is 6.04 Å². The summed E-state index contributed by atoms with van der Waals surface area (Å²) in [6.45, 7) is 10.6. The van der Waals surface area contributed by atoms with Crippen molar-refractivity contribution >= 4 is 12.0 Å². The second kappa shape index (κ2) is 6.29. The zero-order chi connectivity index (χ0) is 15.5. The van der Waals surface area contributed by atoms with Crippen molar-refractivity contribution in [2.75, 3.05) is 20.1 Å². The Morgan fingerprint density at radius 3 is 2.40 bits per heavy atom. The molecule has 114 valence electrons. The molecule has 0 spiro atoms. The van der Waals surface area contributed by atoms with Crippen molar-refractivity contribution < 1.29 is 14.3 Å². The van der Waals surface area contributed by atoms with Crippen molar-refractivity contribution in [3.8, 4) is 0 Å². The smallest absolute Gasteiger partial charge is 0.410 e. The maximum absolute atomic E-state index is 12.0. The van der Waals surface area contributed by atoms with Crippen LogP contribution in [0.15, 0.2) is 11.6 Å². The van der Waals surface area contributed by atoms with Crippen LogP contribution in [0.2, 0.25) is 0 Å². The molecule has 2 amide bonds. The highest BCUT2D eigenvalue weighted by Gasteiger charge is 2.32. The lowest BCUT2D eigenvalue weighted by Gasteiger charge is -2.28. The number of rotatable bonds is 2. The van der Waals surface area contributed by atoms with Crippen LogP contribution in [0.1, 0.15) is 41.0 Å². The standard InChI is InChI=1S/C15H26N2O3/c1-11(2)9-13(18)17-8-7-12(10-17)16(6)14(19)20-15(3,4)5/h9,12H,7-8,10H2,1-6H3/t12-/m1/s1. The van der Waals surface area contributed by atoms with E-state index in [1.807, 2.05) is 34.6 Å². The minimum absolute atomic E-state index is 0.0186. The highest BCUT2D eigenvalue weighted by Crippen LogP contribution is 2.18. The van der Waals surface area contributed by atoms with Crippen LogP contribution >= 0.6 is 0 Å². The fraction of sp³-hybridized carbons (Fsp3) is 0.733. The molecule has 0 N–H and O–H groups in total. The van der Waals surface area contributed by atoms with Crippen LogP contribution in [-0.2, 0) is 9.53 Å². The summed E-state index contributed by atoms with van der Waals surface area (Å²) in [6.07, 6.45) is 2.09. The first-order valence-corrected chi connectivity index (χ1v) is 7.00. The third kappa shape index (κ3) is 4.87. The number of hydrogen-bond acceptors (Lipinski definition) is 3. The molecule has 0 radical (unpaired) electrons. The van der Waals surface area contributed by atoms with Crippen molar-refractivity contribution in [1.29, 1.82) is 0 Å². The van der Waals surface area contributed by atoms with Crippen molar-refractivity contribution in [3.05, 3.63) is 11.6 Å². The minimum Gasteiger partial charge on any atom is -0.444 e. The third-order valence-electron chi connectivity index (χ3n) is 3.12. The van der Waals surface area contributed by atoms with Crippen molar-refractivity contribution in [1.82, 2.24) is 9.80 Å². The van der Waals surface area contributed by atoms with Crippen LogP contribution in [0.4, 0.5) is 4.79 Å². The van der Waals surface area contributed by atoms with Crippen LogP contribution < -0.4 is 0 Å². The zero-order valence-electron chi connectivity index (χ0n) is 13.4. The maximum Gasteiger partial charge on any atom is 0.410 e. The molecule has 0 aliphatic carbocycles. The monoisotopic (exact) mass is 282 g/mol. The minimum atomic E-state index is -0.498. The van der Waals surface area contributed by atoms with Crippen LogP contribution in [0.25, 0.3) is 0 Å². The van der Waals surface area contributed by atoms with E-state index in [2.05, 4.69) is 0 Å². The predicted octanol–water partition coefficient (Wildman–Crippen LogP) is 2.42. The van der Waals surface area contributed by atoms with Gasteiger partial charge in [0, 0.05) is 26.2 Å². The molecule has 1 atom stereocenters. The van der Waals surface area contributed by atoms with Gasteiger partial charge in [-0.3, -0.25) is 4.79 Å². The number of likely N-dealkylation sites (N-methyl/N-ethyl adjacent to an activating group) is 1. The second-order valence-electron chi connectivity index (χ2n) is 6.54. The Morgan fingerprint density at radius 2 is 1.90 bits per heavy atom. The zero-order valence-corrected chi connectivity index (χ0v) is 13.4. The molecule has 0 unspecified atom stereocenters. The lowest BCUT2D eigenvalue weighted by Crippen LogP contribution is -2.42. The molecule has 1 aliphatic rings. The van der Waals surface area contributed by atoms with Crippen LogP contribution in [-0.4, -0.2) is 53.6 Å². The van der Waals surface area contributed by atoms with Crippen molar-refractivity contribution in [3.63, 3.8) is 0 Å². The first kappa shape index (κ1) is 16.5. The molecule has 0 aromatic rings. The lowest BCUT2D eigenvalue weighted by molar-refractivity contribution is -0.125. The Morgan fingerprint density at radius 1 is 1.30 bits per heavy atom. The van der Waals surface area contributed by atoms with E-state index in [4.69, 9.17) is 4.74 Å². The van der Waals surface area contributed by atoms with E-state index >= 15 is 0 Å². The van der Waals surface area contributed by atoms with Gasteiger partial charge in [-0.05, 0) is 41.0 Å². The van der Waals surface area contributed by atoms with E-state index in [0.29, 0.717) is 13.1 Å². The largest absolute Gasteiger partial charge is 0.444 e. The molecule has 1 heterocycles. The summed E-state index contributed by atoms with van der Waals surface area (Å²) in [5.41, 5.74) is 0.487. The van der Waals surface area contributed by atoms with E-state index in [0.717, 1.165) is 12.0 Å². The quantitative estimate of drug-likeness (QED) is 0.731. The SMILES string of the molecule is CC(C)=CC(=O)N1CC[C@@H](N(C)C(=O)OC(C)(C)C)C1. The molecule has 0 aromatic carbocycles. The number of ether oxygens (including phenoxy) is 1. The first-order valence-electron chi connectivity index (χ1n) is 7.00. The van der Waals surface area contributed by atoms with E-state index < -0.39 is 5.60 Å². The number of allylic oxidation sites excluding steroid dienone is 1. The highest BCUT2D eigenvalue weighted by molar-refractivity contribution is 5.88. The number of carbonyl (C=O) groups excluding carboxylic acids is 2. The fourth-order valence-corrected chi connectivity index (χ4v) is 2.08. The molecule has 0 aromatic heterocycles. The van der Waals surface area contributed by atoms with Crippen LogP contribution in [0, 0.1) is 0 Å². The number of amides is 2. The summed E-state index contributed by atoms with van der Waals surface area (Å²) in [7, 11) is 1.73. The first-order chi connectivity index (χ1) is 9.10. The lowest BCUT2D eigenvalue weighted by atomic mass is 10.2. The number of nitrogens with zero attached hydrogens (tertiary/aromatic N) is 2. The van der Waals surface area contributed by atoms with Gasteiger partial charge >= 0.3 is 6.09 Å². The Labute approximate surface area is 121 Å². The topological polar surface area (TPSA) is 49.9 Å². The third-order valence-corrected chi connectivity index (χ3v) is 3.12. The molecule has 5 nitrogen and oxygen atoms in total. The van der Waals surface area contributed by atoms with E-state index in [1.165, 1.54) is 0 Å². The summed E-state index contributed by atoms with van der Waals surface area (Å²) in [5, 5.41) is 0. The molecular formula is C15H26N2O3. The summed E-state index contributed by atoms with van der Waals surface area (Å²) in [5.74, 6) is 0.0186. The van der Waals surface area contributed by atoms with Crippen LogP contribution in [0.3, 0.4) is 0 Å². The molecule has 20 heavy (non-hydrogen) atoms. The average molecular weight is 282 g/mol. The Bertz CT molecular complexity index is 406. The van der Waals surface area contributed by atoms with Gasteiger partial charge in [-0.2, -0.15) is 0 Å². The molecule has 0 bridgehead atoms. The van der Waals surface area contributed by atoms with Crippen molar-refractivity contribution in [2.24, 2.45) is 0 Å². The predicted molar refractivity (Wildman–Crippen MR) is 78.4 cm³/mol. The number of carbonyl (C=O) groups is 2. The number of hydrogen-bond donors (Lipinski definition) is 0. The molecule has 0 saturated carbocycles. The second-order valence-corrected chi connectivity index (χ2v) is 6.54. The van der Waals surface area contributed by atoms with E-state index in [1.54, 1.807) is 22.9 Å². The van der Waals surface area contributed by atoms with Gasteiger partial charge in [0.15, 0.2) is 0 Å². The molecule has 5 heteroatoms. The normalized spacial score (nSPS) is 18.7. The van der Waals surface area contributed by atoms with E-state index in [-0.39, 0.29) is 18.0 Å². The Hall–Kier alpha value is -1.52. The van der Waals surface area contributed by atoms with Crippen molar-refractivity contribution in [2.45, 2.75) is 52.7 Å². The van der Waals surface area contributed by atoms with Gasteiger partial charge in [-0.15, -0.1) is 0 Å².